The van der Waals surface area contributed by atoms with Crippen molar-refractivity contribution < 1.29 is 9.59 Å². The van der Waals surface area contributed by atoms with Gasteiger partial charge in [0.15, 0.2) is 11.0 Å². The van der Waals surface area contributed by atoms with Crippen LogP contribution in [0.2, 0.25) is 5.02 Å². The molecule has 33 heavy (non-hydrogen) atoms. The van der Waals surface area contributed by atoms with Gasteiger partial charge >= 0.3 is 0 Å². The number of hydrogen-bond acceptors (Lipinski definition) is 5. The molecule has 0 aliphatic rings. The molecule has 10 heteroatoms. The van der Waals surface area contributed by atoms with Crippen molar-refractivity contribution >= 4 is 56.8 Å². The Hall–Kier alpha value is -2.62. The third-order valence-corrected chi connectivity index (χ3v) is 6.68. The van der Waals surface area contributed by atoms with Gasteiger partial charge in [-0.3, -0.25) is 9.59 Å². The molecule has 1 aromatic heterocycles. The van der Waals surface area contributed by atoms with Crippen molar-refractivity contribution in [2.24, 2.45) is 0 Å². The zero-order valence-electron chi connectivity index (χ0n) is 18.2. The zero-order valence-corrected chi connectivity index (χ0v) is 21.4. The van der Waals surface area contributed by atoms with E-state index in [2.05, 4.69) is 43.3 Å². The molecular formula is C23H23BrClN5O2S. The van der Waals surface area contributed by atoms with Crippen LogP contribution >= 0.6 is 39.3 Å². The Kier molecular flexibility index (Phi) is 8.71. The van der Waals surface area contributed by atoms with Gasteiger partial charge in [0, 0.05) is 21.6 Å². The van der Waals surface area contributed by atoms with Crippen molar-refractivity contribution in [3.63, 3.8) is 0 Å². The second-order valence-electron chi connectivity index (χ2n) is 7.24. The maximum atomic E-state index is 12.5. The number of benzene rings is 2. The summed E-state index contributed by atoms with van der Waals surface area (Å²) in [6.45, 7) is 8.42. The van der Waals surface area contributed by atoms with Crippen LogP contribution in [0.15, 0.2) is 58.7 Å². The van der Waals surface area contributed by atoms with Crippen LogP contribution in [0.5, 0.6) is 0 Å². The summed E-state index contributed by atoms with van der Waals surface area (Å²) in [5, 5.41) is 15.2. The molecule has 2 amide bonds. The van der Waals surface area contributed by atoms with Crippen LogP contribution < -0.4 is 10.6 Å². The first-order valence-electron chi connectivity index (χ1n) is 10.0. The van der Waals surface area contributed by atoms with Gasteiger partial charge < -0.3 is 15.2 Å². The maximum absolute atomic E-state index is 12.5. The molecule has 2 aromatic carbocycles. The number of rotatable bonds is 9. The molecule has 0 saturated carbocycles. The summed E-state index contributed by atoms with van der Waals surface area (Å²) < 4.78 is 2.65. The van der Waals surface area contributed by atoms with E-state index in [0.29, 0.717) is 28.1 Å². The Morgan fingerprint density at radius 1 is 1.18 bits per heavy atom. The number of thioether (sulfide) groups is 1. The molecule has 0 saturated heterocycles. The Morgan fingerprint density at radius 2 is 1.88 bits per heavy atom. The Labute approximate surface area is 210 Å². The van der Waals surface area contributed by atoms with E-state index in [1.807, 2.05) is 30.5 Å². The van der Waals surface area contributed by atoms with E-state index in [1.54, 1.807) is 30.3 Å². The molecule has 3 aromatic rings. The van der Waals surface area contributed by atoms with E-state index in [9.17, 15) is 9.59 Å². The number of carbonyl (C=O) groups is 2. The molecule has 0 unspecified atom stereocenters. The maximum Gasteiger partial charge on any atom is 0.251 e. The lowest BCUT2D eigenvalue weighted by Gasteiger charge is -2.11. The van der Waals surface area contributed by atoms with Gasteiger partial charge in [-0.15, -0.1) is 16.8 Å². The van der Waals surface area contributed by atoms with Gasteiger partial charge in [-0.25, -0.2) is 0 Å². The van der Waals surface area contributed by atoms with Gasteiger partial charge in [0.25, 0.3) is 5.91 Å². The number of carbonyl (C=O) groups excluding carboxylic acids is 2. The number of nitrogens with zero attached hydrogens (tertiary/aromatic N) is 3. The first kappa shape index (κ1) is 25.0. The predicted molar refractivity (Wildman–Crippen MR) is 136 cm³/mol. The van der Waals surface area contributed by atoms with Gasteiger partial charge in [-0.2, -0.15) is 0 Å². The Morgan fingerprint density at radius 3 is 2.58 bits per heavy atom. The Balaban J connectivity index is 1.62. The van der Waals surface area contributed by atoms with E-state index < -0.39 is 0 Å². The summed E-state index contributed by atoms with van der Waals surface area (Å²) in [6, 6.07) is 10.5. The monoisotopic (exact) mass is 547 g/mol. The van der Waals surface area contributed by atoms with Crippen LogP contribution in [0.25, 0.3) is 0 Å². The SMILES string of the molecule is C=CCn1c(CNC(=O)c2ccc(Cl)cc2)nnc1SCC(=O)Nc1cc(C)c(C)cc1Br. The molecule has 2 N–H and O–H groups in total. The molecule has 7 nitrogen and oxygen atoms in total. The van der Waals surface area contributed by atoms with Crippen LogP contribution in [0.3, 0.4) is 0 Å². The first-order valence-corrected chi connectivity index (χ1v) is 12.2. The number of allylic oxidation sites excluding steroid dienone is 1. The molecule has 0 aliphatic carbocycles. The smallest absolute Gasteiger partial charge is 0.251 e. The minimum absolute atomic E-state index is 0.158. The molecule has 0 aliphatic heterocycles. The second kappa shape index (κ2) is 11.5. The normalized spacial score (nSPS) is 10.7. The van der Waals surface area contributed by atoms with Crippen molar-refractivity contribution in [3.05, 3.63) is 81.1 Å². The molecule has 0 bridgehead atoms. The molecular weight excluding hydrogens is 526 g/mol. The molecule has 3 rings (SSSR count). The van der Waals surface area contributed by atoms with E-state index in [1.165, 1.54) is 11.8 Å². The standard InChI is InChI=1S/C23H23BrClN5O2S/c1-4-9-30-20(12-26-22(32)16-5-7-17(25)8-6-16)28-29-23(30)33-13-21(31)27-19-11-15(3)14(2)10-18(19)24/h4-8,10-11H,1,9,12-13H2,2-3H3,(H,26,32)(H,27,31). The largest absolute Gasteiger partial charge is 0.345 e. The van der Waals surface area contributed by atoms with Gasteiger partial charge in [-0.05, 0) is 77.3 Å². The van der Waals surface area contributed by atoms with Crippen LogP contribution in [0.4, 0.5) is 5.69 Å². The molecule has 0 spiro atoms. The van der Waals surface area contributed by atoms with Crippen molar-refractivity contribution in [2.45, 2.75) is 32.1 Å². The van der Waals surface area contributed by atoms with Crippen molar-refractivity contribution in [3.8, 4) is 0 Å². The first-order chi connectivity index (χ1) is 15.8. The number of aromatic nitrogens is 3. The lowest BCUT2D eigenvalue weighted by molar-refractivity contribution is -0.113. The fourth-order valence-corrected chi connectivity index (χ4v) is 4.37. The van der Waals surface area contributed by atoms with E-state index >= 15 is 0 Å². The van der Waals surface area contributed by atoms with E-state index in [0.717, 1.165) is 21.3 Å². The van der Waals surface area contributed by atoms with Crippen LogP contribution in [-0.4, -0.2) is 32.3 Å². The van der Waals surface area contributed by atoms with Crippen LogP contribution in [0, 0.1) is 13.8 Å². The van der Waals surface area contributed by atoms with Crippen molar-refractivity contribution in [1.82, 2.24) is 20.1 Å². The average molecular weight is 549 g/mol. The topological polar surface area (TPSA) is 88.9 Å². The highest BCUT2D eigenvalue weighted by atomic mass is 79.9. The summed E-state index contributed by atoms with van der Waals surface area (Å²) in [6.07, 6.45) is 1.71. The van der Waals surface area contributed by atoms with Crippen LogP contribution in [0.1, 0.15) is 27.3 Å². The van der Waals surface area contributed by atoms with Gasteiger partial charge in [0.1, 0.15) is 0 Å². The number of nitrogens with one attached hydrogen (secondary N) is 2. The van der Waals surface area contributed by atoms with Crippen LogP contribution in [-0.2, 0) is 17.9 Å². The third kappa shape index (κ3) is 6.69. The highest BCUT2D eigenvalue weighted by molar-refractivity contribution is 9.10. The summed E-state index contributed by atoms with van der Waals surface area (Å²) in [5.74, 6) is 0.324. The highest BCUT2D eigenvalue weighted by Crippen LogP contribution is 2.26. The molecule has 172 valence electrons. The Bertz CT molecular complexity index is 1180. The van der Waals surface area contributed by atoms with E-state index in [4.69, 9.17) is 11.6 Å². The summed E-state index contributed by atoms with van der Waals surface area (Å²) >= 11 is 10.6. The molecule has 0 atom stereocenters. The number of aryl methyl sites for hydroxylation is 2. The number of hydrogen-bond donors (Lipinski definition) is 2. The van der Waals surface area contributed by atoms with Gasteiger partial charge in [-0.1, -0.05) is 29.4 Å². The summed E-state index contributed by atoms with van der Waals surface area (Å²) in [4.78, 5) is 24.9. The zero-order chi connectivity index (χ0) is 24.0. The molecule has 1 heterocycles. The average Bonchev–Trinajstić information content (AvgIpc) is 3.16. The quantitative estimate of drug-likeness (QED) is 0.285. The third-order valence-electron chi connectivity index (χ3n) is 4.81. The van der Waals surface area contributed by atoms with Crippen molar-refractivity contribution in [1.29, 1.82) is 0 Å². The minimum atomic E-state index is -0.243. The lowest BCUT2D eigenvalue weighted by atomic mass is 10.1. The fraction of sp³-hybridized carbons (Fsp3) is 0.217. The number of anilines is 1. The fourth-order valence-electron chi connectivity index (χ4n) is 2.92. The van der Waals surface area contributed by atoms with E-state index in [-0.39, 0.29) is 24.1 Å². The molecule has 0 fully saturated rings. The molecule has 0 radical (unpaired) electrons. The summed E-state index contributed by atoms with van der Waals surface area (Å²) in [7, 11) is 0. The summed E-state index contributed by atoms with van der Waals surface area (Å²) in [5.41, 5.74) is 3.46. The van der Waals surface area contributed by atoms with Gasteiger partial charge in [0.05, 0.1) is 18.0 Å². The number of halogens is 2. The van der Waals surface area contributed by atoms with Crippen molar-refractivity contribution in [2.75, 3.05) is 11.1 Å². The predicted octanol–water partition coefficient (Wildman–Crippen LogP) is 5.16. The second-order valence-corrected chi connectivity index (χ2v) is 9.47. The minimum Gasteiger partial charge on any atom is -0.345 e. The highest BCUT2D eigenvalue weighted by Gasteiger charge is 2.15. The lowest BCUT2D eigenvalue weighted by Crippen LogP contribution is -2.24. The number of amides is 2. The van der Waals surface area contributed by atoms with Gasteiger partial charge in [0.2, 0.25) is 5.91 Å².